The van der Waals surface area contributed by atoms with Crippen LogP contribution in [0, 0.1) is 12.8 Å². The maximum atomic E-state index is 10.8. The second kappa shape index (κ2) is 4.26. The summed E-state index contributed by atoms with van der Waals surface area (Å²) in [6, 6.07) is 6.18. The molecule has 1 aromatic carbocycles. The highest BCUT2D eigenvalue weighted by atomic mass is 16.4. The quantitative estimate of drug-likeness (QED) is 0.918. The van der Waals surface area contributed by atoms with E-state index in [-0.39, 0.29) is 5.92 Å². The van der Waals surface area contributed by atoms with E-state index in [1.165, 1.54) is 0 Å². The van der Waals surface area contributed by atoms with E-state index in [4.69, 9.17) is 9.52 Å². The molecule has 0 spiro atoms. The first-order valence-corrected chi connectivity index (χ1v) is 6.37. The monoisotopic (exact) mass is 260 g/mol. The maximum absolute atomic E-state index is 10.8. The Bertz CT molecular complexity index is 629. The molecule has 19 heavy (non-hydrogen) atoms. The van der Waals surface area contributed by atoms with Gasteiger partial charge in [-0.3, -0.25) is 4.79 Å². The summed E-state index contributed by atoms with van der Waals surface area (Å²) in [4.78, 5) is 17.3. The molecule has 100 valence electrons. The molecule has 0 bridgehead atoms. The van der Waals surface area contributed by atoms with E-state index in [1.807, 2.05) is 32.2 Å². The summed E-state index contributed by atoms with van der Waals surface area (Å²) < 4.78 is 5.44. The molecule has 3 rings (SSSR count). The van der Waals surface area contributed by atoms with E-state index in [1.54, 1.807) is 0 Å². The number of anilines is 1. The number of carbonyl (C=O) groups is 1. The number of carboxylic acids is 1. The van der Waals surface area contributed by atoms with Gasteiger partial charge in [0.2, 0.25) is 0 Å². The van der Waals surface area contributed by atoms with Crippen LogP contribution in [0.1, 0.15) is 18.7 Å². The van der Waals surface area contributed by atoms with Gasteiger partial charge in [0.1, 0.15) is 5.52 Å². The van der Waals surface area contributed by atoms with Crippen LogP contribution in [0.15, 0.2) is 22.6 Å². The molecular formula is C14H16N2O3. The van der Waals surface area contributed by atoms with Crippen molar-refractivity contribution in [1.29, 1.82) is 0 Å². The summed E-state index contributed by atoms with van der Waals surface area (Å²) in [6.07, 6.45) is 1.42. The number of oxazole rings is 1. The second-order valence-corrected chi connectivity index (χ2v) is 5.16. The topological polar surface area (TPSA) is 66.6 Å². The van der Waals surface area contributed by atoms with Crippen molar-refractivity contribution in [3.8, 4) is 0 Å². The van der Waals surface area contributed by atoms with Crippen molar-refractivity contribution in [2.75, 3.05) is 11.9 Å². The summed E-state index contributed by atoms with van der Waals surface area (Å²) in [5.41, 5.74) is 2.68. The van der Waals surface area contributed by atoms with Gasteiger partial charge in [-0.1, -0.05) is 0 Å². The van der Waals surface area contributed by atoms with Gasteiger partial charge in [0, 0.05) is 25.7 Å². The van der Waals surface area contributed by atoms with Crippen LogP contribution in [0.3, 0.4) is 0 Å². The van der Waals surface area contributed by atoms with Crippen molar-refractivity contribution in [3.05, 3.63) is 24.1 Å². The first kappa shape index (κ1) is 12.0. The lowest BCUT2D eigenvalue weighted by molar-refractivity contribution is -0.145. The number of hydrogen-bond donors (Lipinski definition) is 1. The molecule has 5 heteroatoms. The van der Waals surface area contributed by atoms with Crippen LogP contribution in [0.5, 0.6) is 0 Å². The molecule has 1 aliphatic rings. The van der Waals surface area contributed by atoms with E-state index in [0.717, 1.165) is 16.8 Å². The Kier molecular flexibility index (Phi) is 2.69. The van der Waals surface area contributed by atoms with Gasteiger partial charge in [-0.05, 0) is 31.0 Å². The number of benzene rings is 1. The molecule has 0 amide bonds. The van der Waals surface area contributed by atoms with Crippen molar-refractivity contribution >= 4 is 22.8 Å². The molecule has 1 N–H and O–H groups in total. The van der Waals surface area contributed by atoms with Crippen LogP contribution < -0.4 is 4.90 Å². The fraction of sp³-hybridized carbons (Fsp3) is 0.429. The highest BCUT2D eigenvalue weighted by molar-refractivity contribution is 5.78. The fourth-order valence-corrected chi connectivity index (χ4v) is 2.57. The SMILES string of the molecule is Cc1nc2cc(N(C)C3CC(C(=O)O)C3)ccc2o1. The molecule has 5 nitrogen and oxygen atoms in total. The minimum atomic E-state index is -0.688. The Hall–Kier alpha value is -2.04. The Morgan fingerprint density at radius 1 is 1.47 bits per heavy atom. The van der Waals surface area contributed by atoms with Gasteiger partial charge in [-0.2, -0.15) is 0 Å². The smallest absolute Gasteiger partial charge is 0.306 e. The molecule has 0 aliphatic heterocycles. The third kappa shape index (κ3) is 2.05. The number of rotatable bonds is 3. The van der Waals surface area contributed by atoms with Crippen molar-refractivity contribution in [1.82, 2.24) is 4.98 Å². The number of aryl methyl sites for hydroxylation is 1. The van der Waals surface area contributed by atoms with E-state index in [2.05, 4.69) is 9.88 Å². The summed E-state index contributed by atoms with van der Waals surface area (Å²) in [7, 11) is 2.00. The maximum Gasteiger partial charge on any atom is 0.306 e. The second-order valence-electron chi connectivity index (χ2n) is 5.16. The number of aromatic nitrogens is 1. The lowest BCUT2D eigenvalue weighted by Gasteiger charge is -2.40. The Balaban J connectivity index is 1.78. The number of hydrogen-bond acceptors (Lipinski definition) is 4. The van der Waals surface area contributed by atoms with E-state index in [0.29, 0.717) is 24.8 Å². The summed E-state index contributed by atoms with van der Waals surface area (Å²) >= 11 is 0. The standard InChI is InChI=1S/C14H16N2O3/c1-8-15-12-7-10(3-4-13(12)19-8)16(2)11-5-9(6-11)14(17)18/h3-4,7,9,11H,5-6H2,1-2H3,(H,17,18). The normalized spacial score (nSPS) is 22.2. The van der Waals surface area contributed by atoms with Crippen LogP contribution in [0.4, 0.5) is 5.69 Å². The number of fused-ring (bicyclic) bond motifs is 1. The first-order chi connectivity index (χ1) is 9.04. The lowest BCUT2D eigenvalue weighted by atomic mass is 9.79. The molecule has 0 atom stereocenters. The van der Waals surface area contributed by atoms with Gasteiger partial charge in [0.25, 0.3) is 0 Å². The third-order valence-electron chi connectivity index (χ3n) is 3.90. The Morgan fingerprint density at radius 3 is 2.89 bits per heavy atom. The van der Waals surface area contributed by atoms with Crippen LogP contribution in [0.25, 0.3) is 11.1 Å². The highest BCUT2D eigenvalue weighted by Crippen LogP contribution is 2.34. The molecule has 1 fully saturated rings. The van der Waals surface area contributed by atoms with Crippen molar-refractivity contribution < 1.29 is 14.3 Å². The van der Waals surface area contributed by atoms with Gasteiger partial charge in [0.05, 0.1) is 5.92 Å². The Morgan fingerprint density at radius 2 is 2.21 bits per heavy atom. The fourth-order valence-electron chi connectivity index (χ4n) is 2.57. The minimum absolute atomic E-state index is 0.189. The summed E-state index contributed by atoms with van der Waals surface area (Å²) in [5, 5.41) is 8.91. The van der Waals surface area contributed by atoms with Gasteiger partial charge in [0.15, 0.2) is 11.5 Å². The summed E-state index contributed by atoms with van der Waals surface area (Å²) in [5.74, 6) is -0.220. The molecule has 1 heterocycles. The van der Waals surface area contributed by atoms with Crippen molar-refractivity contribution in [2.24, 2.45) is 5.92 Å². The first-order valence-electron chi connectivity index (χ1n) is 6.37. The lowest BCUT2D eigenvalue weighted by Crippen LogP contribution is -2.45. The number of aliphatic carboxylic acids is 1. The zero-order chi connectivity index (χ0) is 13.6. The third-order valence-corrected chi connectivity index (χ3v) is 3.90. The van der Waals surface area contributed by atoms with Gasteiger partial charge >= 0.3 is 5.97 Å². The molecule has 1 saturated carbocycles. The average molecular weight is 260 g/mol. The van der Waals surface area contributed by atoms with E-state index < -0.39 is 5.97 Å². The average Bonchev–Trinajstić information content (AvgIpc) is 2.65. The van der Waals surface area contributed by atoms with Crippen LogP contribution in [-0.4, -0.2) is 29.1 Å². The molecule has 2 aromatic rings. The molecular weight excluding hydrogens is 244 g/mol. The van der Waals surface area contributed by atoms with Gasteiger partial charge in [-0.25, -0.2) is 4.98 Å². The van der Waals surface area contributed by atoms with Crippen molar-refractivity contribution in [2.45, 2.75) is 25.8 Å². The zero-order valence-electron chi connectivity index (χ0n) is 11.0. The molecule has 1 aliphatic carbocycles. The largest absolute Gasteiger partial charge is 0.481 e. The highest BCUT2D eigenvalue weighted by Gasteiger charge is 2.36. The molecule has 1 aromatic heterocycles. The Labute approximate surface area is 110 Å². The van der Waals surface area contributed by atoms with Gasteiger partial charge in [-0.15, -0.1) is 0 Å². The van der Waals surface area contributed by atoms with Gasteiger partial charge < -0.3 is 14.4 Å². The zero-order valence-corrected chi connectivity index (χ0v) is 11.0. The van der Waals surface area contributed by atoms with E-state index in [9.17, 15) is 4.79 Å². The minimum Gasteiger partial charge on any atom is -0.481 e. The van der Waals surface area contributed by atoms with Crippen LogP contribution in [-0.2, 0) is 4.79 Å². The molecule has 0 unspecified atom stereocenters. The summed E-state index contributed by atoms with van der Waals surface area (Å²) in [6.45, 7) is 1.83. The predicted molar refractivity (Wildman–Crippen MR) is 71.3 cm³/mol. The molecule has 0 radical (unpaired) electrons. The van der Waals surface area contributed by atoms with E-state index >= 15 is 0 Å². The van der Waals surface area contributed by atoms with Crippen LogP contribution >= 0.6 is 0 Å². The molecule has 0 saturated heterocycles. The number of carboxylic acid groups (broad SMARTS) is 1. The van der Waals surface area contributed by atoms with Crippen molar-refractivity contribution in [3.63, 3.8) is 0 Å². The number of nitrogens with zero attached hydrogens (tertiary/aromatic N) is 2. The van der Waals surface area contributed by atoms with Crippen LogP contribution in [0.2, 0.25) is 0 Å². The predicted octanol–water partition coefficient (Wildman–Crippen LogP) is 2.44.